The third-order valence-corrected chi connectivity index (χ3v) is 7.77. The van der Waals surface area contributed by atoms with Gasteiger partial charge in [0.1, 0.15) is 6.17 Å². The SMILES string of the molecule is Cc1ccc(S(=O)(=O)N2N=C(c3ccccc3)CN(Cc3ccccc3)C2c2ccccc2)cc1. The van der Waals surface area contributed by atoms with E-state index in [9.17, 15) is 8.42 Å². The summed E-state index contributed by atoms with van der Waals surface area (Å²) in [6.45, 7) is 3.03. The van der Waals surface area contributed by atoms with Crippen molar-refractivity contribution in [2.75, 3.05) is 6.54 Å². The second-order valence-electron chi connectivity index (χ2n) is 8.68. The number of aryl methyl sites for hydroxylation is 1. The van der Waals surface area contributed by atoms with E-state index in [1.807, 2.05) is 97.9 Å². The second-order valence-corrected chi connectivity index (χ2v) is 10.5. The second kappa shape index (κ2) is 9.86. The number of hydrogen-bond acceptors (Lipinski definition) is 4. The third-order valence-electron chi connectivity index (χ3n) is 6.13. The summed E-state index contributed by atoms with van der Waals surface area (Å²) in [5.74, 6) is 0. The van der Waals surface area contributed by atoms with Gasteiger partial charge in [0.25, 0.3) is 10.0 Å². The van der Waals surface area contributed by atoms with Crippen LogP contribution < -0.4 is 0 Å². The minimum absolute atomic E-state index is 0.224. The molecule has 0 N–H and O–H groups in total. The first kappa shape index (κ1) is 23.0. The fourth-order valence-corrected chi connectivity index (χ4v) is 5.75. The van der Waals surface area contributed by atoms with Crippen LogP contribution in [0.1, 0.15) is 28.4 Å². The van der Waals surface area contributed by atoms with Crippen molar-refractivity contribution in [3.05, 3.63) is 138 Å². The highest BCUT2D eigenvalue weighted by molar-refractivity contribution is 7.89. The fourth-order valence-electron chi connectivity index (χ4n) is 4.33. The zero-order valence-corrected chi connectivity index (χ0v) is 20.3. The lowest BCUT2D eigenvalue weighted by atomic mass is 10.1. The number of sulfonamides is 1. The van der Waals surface area contributed by atoms with Crippen molar-refractivity contribution >= 4 is 15.7 Å². The van der Waals surface area contributed by atoms with E-state index >= 15 is 0 Å². The minimum atomic E-state index is -3.94. The van der Waals surface area contributed by atoms with Crippen LogP contribution in [-0.4, -0.2) is 30.0 Å². The molecule has 0 radical (unpaired) electrons. The Morgan fingerprint density at radius 1 is 0.771 bits per heavy atom. The molecule has 1 aliphatic heterocycles. The molecule has 35 heavy (non-hydrogen) atoms. The summed E-state index contributed by atoms with van der Waals surface area (Å²) in [5.41, 5.74) is 4.59. The summed E-state index contributed by atoms with van der Waals surface area (Å²) < 4.78 is 29.4. The van der Waals surface area contributed by atoms with Gasteiger partial charge in [0.2, 0.25) is 0 Å². The van der Waals surface area contributed by atoms with Gasteiger partial charge in [-0.25, -0.2) is 0 Å². The van der Waals surface area contributed by atoms with E-state index in [-0.39, 0.29) is 4.90 Å². The maximum absolute atomic E-state index is 14.0. The van der Waals surface area contributed by atoms with Crippen molar-refractivity contribution in [2.45, 2.75) is 24.5 Å². The summed E-state index contributed by atoms with van der Waals surface area (Å²) in [6.07, 6.45) is -0.588. The largest absolute Gasteiger partial charge is 0.280 e. The molecule has 0 aromatic heterocycles. The Morgan fingerprint density at radius 2 is 1.34 bits per heavy atom. The normalized spacial score (nSPS) is 16.7. The molecular weight excluding hydrogens is 454 g/mol. The molecular formula is C29H27N3O2S. The maximum Gasteiger partial charge on any atom is 0.280 e. The van der Waals surface area contributed by atoms with Crippen molar-refractivity contribution < 1.29 is 8.42 Å². The zero-order valence-electron chi connectivity index (χ0n) is 19.5. The first-order chi connectivity index (χ1) is 17.0. The Morgan fingerprint density at radius 3 is 1.97 bits per heavy atom. The first-order valence-corrected chi connectivity index (χ1v) is 13.0. The van der Waals surface area contributed by atoms with Crippen LogP contribution in [0, 0.1) is 6.92 Å². The minimum Gasteiger partial charge on any atom is -0.267 e. The zero-order chi connectivity index (χ0) is 24.3. The van der Waals surface area contributed by atoms with E-state index in [1.165, 1.54) is 4.41 Å². The molecule has 5 rings (SSSR count). The smallest absolute Gasteiger partial charge is 0.267 e. The molecule has 0 amide bonds. The van der Waals surface area contributed by atoms with Crippen molar-refractivity contribution in [1.29, 1.82) is 0 Å². The van der Waals surface area contributed by atoms with E-state index in [1.54, 1.807) is 12.1 Å². The lowest BCUT2D eigenvalue weighted by Crippen LogP contribution is -2.48. The number of benzene rings is 4. The van der Waals surface area contributed by atoms with Gasteiger partial charge in [-0.3, -0.25) is 4.90 Å². The number of rotatable bonds is 6. The van der Waals surface area contributed by atoms with Gasteiger partial charge >= 0.3 is 0 Å². The van der Waals surface area contributed by atoms with Gasteiger partial charge in [0.15, 0.2) is 0 Å². The van der Waals surface area contributed by atoms with Crippen LogP contribution in [0.25, 0.3) is 0 Å². The Kier molecular flexibility index (Phi) is 6.49. The predicted molar refractivity (Wildman–Crippen MR) is 139 cm³/mol. The van der Waals surface area contributed by atoms with Crippen molar-refractivity contribution in [3.8, 4) is 0 Å². The lowest BCUT2D eigenvalue weighted by molar-refractivity contribution is 0.0963. The highest BCUT2D eigenvalue weighted by Crippen LogP contribution is 2.35. The molecule has 5 nitrogen and oxygen atoms in total. The molecule has 0 bridgehead atoms. The summed E-state index contributed by atoms with van der Waals surface area (Å²) in [6, 6.07) is 36.6. The third kappa shape index (κ3) is 4.90. The Labute approximate surface area is 207 Å². The molecule has 4 aromatic rings. The van der Waals surface area contributed by atoms with E-state index in [0.717, 1.165) is 22.3 Å². The molecule has 1 aliphatic rings. The Bertz CT molecular complexity index is 1410. The van der Waals surface area contributed by atoms with Crippen molar-refractivity contribution in [2.24, 2.45) is 5.10 Å². The molecule has 1 unspecified atom stereocenters. The summed E-state index contributed by atoms with van der Waals surface area (Å²) >= 11 is 0. The molecule has 4 aromatic carbocycles. The molecule has 1 atom stereocenters. The average molecular weight is 482 g/mol. The standard InChI is InChI=1S/C29H27N3O2S/c1-23-17-19-27(20-18-23)35(33,34)32-29(26-15-9-4-10-16-26)31(21-24-11-5-2-6-12-24)22-28(30-32)25-13-7-3-8-14-25/h2-20,29H,21-22H2,1H3. The van der Waals surface area contributed by atoms with Gasteiger partial charge in [0.05, 0.1) is 10.6 Å². The van der Waals surface area contributed by atoms with Crippen LogP contribution in [0.3, 0.4) is 0 Å². The van der Waals surface area contributed by atoms with Gasteiger partial charge in [-0.15, -0.1) is 0 Å². The Balaban J connectivity index is 1.68. The number of hydrazone groups is 1. The summed E-state index contributed by atoms with van der Waals surface area (Å²) in [7, 11) is -3.94. The number of nitrogens with zero attached hydrogens (tertiary/aromatic N) is 3. The van der Waals surface area contributed by atoms with Crippen molar-refractivity contribution in [3.63, 3.8) is 0 Å². The topological polar surface area (TPSA) is 53.0 Å². The van der Waals surface area contributed by atoms with Gasteiger partial charge in [-0.2, -0.15) is 17.9 Å². The van der Waals surface area contributed by atoms with Crippen LogP contribution in [0.5, 0.6) is 0 Å². The molecule has 0 fully saturated rings. The number of hydrogen-bond donors (Lipinski definition) is 0. The molecule has 0 saturated carbocycles. The highest BCUT2D eigenvalue weighted by atomic mass is 32.2. The van der Waals surface area contributed by atoms with Gasteiger partial charge in [-0.05, 0) is 35.7 Å². The average Bonchev–Trinajstić information content (AvgIpc) is 2.90. The van der Waals surface area contributed by atoms with Crippen LogP contribution in [0.15, 0.2) is 125 Å². The summed E-state index contributed by atoms with van der Waals surface area (Å²) in [4.78, 5) is 2.40. The van der Waals surface area contributed by atoms with E-state index < -0.39 is 16.2 Å². The van der Waals surface area contributed by atoms with Crippen LogP contribution in [-0.2, 0) is 16.6 Å². The van der Waals surface area contributed by atoms with Crippen LogP contribution >= 0.6 is 0 Å². The van der Waals surface area contributed by atoms with Gasteiger partial charge in [0, 0.05) is 13.1 Å². The molecule has 0 saturated heterocycles. The van der Waals surface area contributed by atoms with E-state index in [0.29, 0.717) is 18.8 Å². The van der Waals surface area contributed by atoms with Gasteiger partial charge < -0.3 is 0 Å². The van der Waals surface area contributed by atoms with E-state index in [2.05, 4.69) is 17.0 Å². The predicted octanol–water partition coefficient (Wildman–Crippen LogP) is 5.60. The molecule has 0 spiro atoms. The maximum atomic E-state index is 14.0. The first-order valence-electron chi connectivity index (χ1n) is 11.6. The summed E-state index contributed by atoms with van der Waals surface area (Å²) in [5, 5.41) is 4.79. The molecule has 1 heterocycles. The van der Waals surface area contributed by atoms with E-state index in [4.69, 9.17) is 5.10 Å². The lowest BCUT2D eigenvalue weighted by Gasteiger charge is -2.41. The van der Waals surface area contributed by atoms with Gasteiger partial charge in [-0.1, -0.05) is 109 Å². The molecule has 0 aliphatic carbocycles. The van der Waals surface area contributed by atoms with Crippen LogP contribution in [0.2, 0.25) is 0 Å². The van der Waals surface area contributed by atoms with Crippen LogP contribution in [0.4, 0.5) is 0 Å². The highest BCUT2D eigenvalue weighted by Gasteiger charge is 2.39. The molecule has 6 heteroatoms. The molecule has 176 valence electrons. The quantitative estimate of drug-likeness (QED) is 0.360. The monoisotopic (exact) mass is 481 g/mol. The Hall–Kier alpha value is -3.74. The fraction of sp³-hybridized carbons (Fsp3) is 0.138. The van der Waals surface area contributed by atoms with Crippen molar-refractivity contribution in [1.82, 2.24) is 9.31 Å².